The second kappa shape index (κ2) is 13.9. The maximum Gasteiger partial charge on any atom is 0.180 e. The van der Waals surface area contributed by atoms with E-state index in [2.05, 4.69) is 95.6 Å². The average Bonchev–Trinajstić information content (AvgIpc) is 4.03. The zero-order valence-electron chi connectivity index (χ0n) is 33.5. The minimum absolute atomic E-state index is 0.582. The molecule has 13 rings (SSSR count). The molecule has 8 heteroatoms. The Morgan fingerprint density at radius 3 is 1.63 bits per heavy atom. The van der Waals surface area contributed by atoms with Gasteiger partial charge in [0.1, 0.15) is 28.0 Å². The van der Waals surface area contributed by atoms with Crippen LogP contribution in [0.4, 0.5) is 0 Å². The minimum atomic E-state index is 0.582. The molecule has 8 nitrogen and oxygen atoms in total. The highest BCUT2D eigenvalue weighted by molar-refractivity contribution is 6.12. The Morgan fingerprint density at radius 1 is 0.317 bits per heavy atom. The lowest BCUT2D eigenvalue weighted by atomic mass is 10.0. The van der Waals surface area contributed by atoms with Crippen LogP contribution in [-0.4, -0.2) is 29.5 Å². The van der Waals surface area contributed by atoms with Crippen LogP contribution in [0.1, 0.15) is 0 Å². The van der Waals surface area contributed by atoms with Gasteiger partial charge in [0.2, 0.25) is 0 Å². The van der Waals surface area contributed by atoms with Crippen LogP contribution in [0.15, 0.2) is 203 Å². The molecule has 0 amide bonds. The van der Waals surface area contributed by atoms with Gasteiger partial charge in [-0.3, -0.25) is 0 Å². The largest absolute Gasteiger partial charge is 0.456 e. The highest BCUT2D eigenvalue weighted by atomic mass is 16.3. The molecule has 0 N–H and O–H groups in total. The molecule has 0 aliphatic rings. The first-order valence-electron chi connectivity index (χ1n) is 20.8. The summed E-state index contributed by atoms with van der Waals surface area (Å²) in [6, 6.07) is 65.9. The molecule has 63 heavy (non-hydrogen) atoms. The fourth-order valence-electron chi connectivity index (χ4n) is 8.88. The van der Waals surface area contributed by atoms with Crippen molar-refractivity contribution in [2.75, 3.05) is 0 Å². The fourth-order valence-corrected chi connectivity index (χ4v) is 8.88. The molecular formula is C55H32N6O2. The number of nitrogens with zero attached hydrogens (tertiary/aromatic N) is 6. The topological polar surface area (TPSA) is 95.7 Å². The number of hydrogen-bond donors (Lipinski definition) is 0. The lowest BCUT2D eigenvalue weighted by molar-refractivity contribution is 0.666. The quantitative estimate of drug-likeness (QED) is 0.165. The molecular weight excluding hydrogens is 777 g/mol. The first-order chi connectivity index (χ1) is 31.2. The van der Waals surface area contributed by atoms with Gasteiger partial charge >= 0.3 is 0 Å². The summed E-state index contributed by atoms with van der Waals surface area (Å²) in [6.45, 7) is 0. The summed E-state index contributed by atoms with van der Waals surface area (Å²) in [7, 11) is 0. The molecule has 0 atom stereocenters. The number of rotatable bonds is 6. The van der Waals surface area contributed by atoms with Gasteiger partial charge in [0.05, 0.1) is 11.0 Å². The summed E-state index contributed by atoms with van der Waals surface area (Å²) in [5.74, 6) is 2.41. The van der Waals surface area contributed by atoms with E-state index >= 15 is 0 Å². The van der Waals surface area contributed by atoms with E-state index < -0.39 is 0 Å². The van der Waals surface area contributed by atoms with Gasteiger partial charge in [-0.2, -0.15) is 0 Å². The third kappa shape index (κ3) is 5.73. The SMILES string of the molecule is c1ccc(-c2nc(-c3ccccc3)nc(-c3ccc4oc5cc(-c6nc(-c7ccc8c9ccccc9n(-c9ccccc9)c8c7)nc7c6oc6ccccc67)ccc5c4c3)n2)cc1. The van der Waals surface area contributed by atoms with Gasteiger partial charge in [-0.05, 0) is 66.7 Å². The summed E-state index contributed by atoms with van der Waals surface area (Å²) in [5.41, 5.74) is 12.1. The van der Waals surface area contributed by atoms with Crippen LogP contribution in [0.5, 0.6) is 0 Å². The predicted molar refractivity (Wildman–Crippen MR) is 251 cm³/mol. The van der Waals surface area contributed by atoms with Crippen molar-refractivity contribution in [2.45, 2.75) is 0 Å². The van der Waals surface area contributed by atoms with E-state index in [1.54, 1.807) is 0 Å². The van der Waals surface area contributed by atoms with Crippen molar-refractivity contribution < 1.29 is 8.83 Å². The van der Waals surface area contributed by atoms with E-state index in [-0.39, 0.29) is 0 Å². The molecule has 0 aliphatic heterocycles. The normalized spacial score (nSPS) is 11.8. The summed E-state index contributed by atoms with van der Waals surface area (Å²) in [4.78, 5) is 25.3. The van der Waals surface area contributed by atoms with Crippen molar-refractivity contribution in [3.63, 3.8) is 0 Å². The Morgan fingerprint density at radius 2 is 0.873 bits per heavy atom. The van der Waals surface area contributed by atoms with Crippen LogP contribution in [0.3, 0.4) is 0 Å². The Hall–Kier alpha value is -8.75. The van der Waals surface area contributed by atoms with Crippen molar-refractivity contribution in [1.82, 2.24) is 29.5 Å². The summed E-state index contributed by atoms with van der Waals surface area (Å²) in [5, 5.41) is 5.20. The molecule has 13 aromatic rings. The molecule has 5 aromatic heterocycles. The number of para-hydroxylation sites is 3. The first kappa shape index (κ1) is 35.0. The Labute approximate surface area is 359 Å². The van der Waals surface area contributed by atoms with Crippen LogP contribution >= 0.6 is 0 Å². The second-order valence-electron chi connectivity index (χ2n) is 15.7. The van der Waals surface area contributed by atoms with E-state index in [1.807, 2.05) is 103 Å². The van der Waals surface area contributed by atoms with Gasteiger partial charge < -0.3 is 13.4 Å². The molecule has 8 aromatic carbocycles. The number of hydrogen-bond acceptors (Lipinski definition) is 7. The summed E-state index contributed by atoms with van der Waals surface area (Å²) < 4.78 is 15.4. The van der Waals surface area contributed by atoms with Crippen LogP contribution in [0.2, 0.25) is 0 Å². The van der Waals surface area contributed by atoms with Crippen LogP contribution < -0.4 is 0 Å². The highest BCUT2D eigenvalue weighted by Crippen LogP contribution is 2.40. The molecule has 0 unspecified atom stereocenters. The summed E-state index contributed by atoms with van der Waals surface area (Å²) >= 11 is 0. The molecule has 0 spiro atoms. The minimum Gasteiger partial charge on any atom is -0.456 e. The van der Waals surface area contributed by atoms with Gasteiger partial charge in [-0.25, -0.2) is 24.9 Å². The highest BCUT2D eigenvalue weighted by Gasteiger charge is 2.21. The molecule has 0 bridgehead atoms. The molecule has 0 fully saturated rings. The average molecular weight is 809 g/mol. The van der Waals surface area contributed by atoms with E-state index in [0.29, 0.717) is 34.6 Å². The van der Waals surface area contributed by atoms with Crippen molar-refractivity contribution in [1.29, 1.82) is 0 Å². The number of aromatic nitrogens is 6. The maximum absolute atomic E-state index is 6.58. The third-order valence-corrected chi connectivity index (χ3v) is 11.9. The maximum atomic E-state index is 6.58. The predicted octanol–water partition coefficient (Wildman–Crippen LogP) is 13.9. The van der Waals surface area contributed by atoms with Crippen LogP contribution in [-0.2, 0) is 0 Å². The van der Waals surface area contributed by atoms with Crippen LogP contribution in [0, 0.1) is 0 Å². The number of benzene rings is 8. The van der Waals surface area contributed by atoms with Gasteiger partial charge in [0.25, 0.3) is 0 Å². The Balaban J connectivity index is 0.962. The van der Waals surface area contributed by atoms with Gasteiger partial charge in [0.15, 0.2) is 28.9 Å². The van der Waals surface area contributed by atoms with Crippen molar-refractivity contribution in [3.05, 3.63) is 194 Å². The van der Waals surface area contributed by atoms with Crippen molar-refractivity contribution in [3.8, 4) is 62.5 Å². The van der Waals surface area contributed by atoms with E-state index in [9.17, 15) is 0 Å². The van der Waals surface area contributed by atoms with Gasteiger partial charge in [-0.1, -0.05) is 127 Å². The first-order valence-corrected chi connectivity index (χ1v) is 20.8. The monoisotopic (exact) mass is 808 g/mol. The molecule has 5 heterocycles. The van der Waals surface area contributed by atoms with Gasteiger partial charge in [-0.15, -0.1) is 0 Å². The molecule has 0 saturated carbocycles. The molecule has 294 valence electrons. The lowest BCUT2D eigenvalue weighted by Gasteiger charge is -2.09. The van der Waals surface area contributed by atoms with Crippen molar-refractivity contribution in [2.24, 2.45) is 0 Å². The van der Waals surface area contributed by atoms with E-state index in [1.165, 1.54) is 5.39 Å². The molecule has 0 aliphatic carbocycles. The Kier molecular flexibility index (Phi) is 7.74. The molecule has 0 saturated heterocycles. The zero-order valence-corrected chi connectivity index (χ0v) is 33.5. The van der Waals surface area contributed by atoms with Crippen molar-refractivity contribution >= 4 is 65.8 Å². The van der Waals surface area contributed by atoms with Crippen LogP contribution in [0.25, 0.3) is 128 Å². The lowest BCUT2D eigenvalue weighted by Crippen LogP contribution is -2.00. The Bertz CT molecular complexity index is 3850. The van der Waals surface area contributed by atoms with E-state index in [4.69, 9.17) is 33.8 Å². The smallest absolute Gasteiger partial charge is 0.180 e. The number of fused-ring (bicyclic) bond motifs is 9. The van der Waals surface area contributed by atoms with E-state index in [0.717, 1.165) is 88.3 Å². The fraction of sp³-hybridized carbons (Fsp3) is 0. The third-order valence-electron chi connectivity index (χ3n) is 11.9. The summed E-state index contributed by atoms with van der Waals surface area (Å²) in [6.07, 6.45) is 0. The zero-order chi connectivity index (χ0) is 41.4. The number of furan rings is 2. The second-order valence-corrected chi connectivity index (χ2v) is 15.7. The standard InChI is InChI=1S/C55H32N6O2/c1-4-14-33(15-5-1)52-58-53(34-16-6-2-7-17-34)60-55(59-52)36-26-29-47-43(30-36)41-28-24-35(32-48(41)62-47)49-51-50(42-21-11-13-23-46(42)63-51)57-54(56-49)37-25-27-40-39-20-10-12-22-44(39)61(45(40)31-37)38-18-8-3-9-19-38/h1-32H. The molecule has 0 radical (unpaired) electrons. The van der Waals surface area contributed by atoms with Gasteiger partial charge in [0, 0.05) is 60.4 Å².